The molecule has 0 amide bonds. The maximum atomic E-state index is 11.8. The molecule has 3 heterocycles. The van der Waals surface area contributed by atoms with Crippen LogP contribution in [-0.2, 0) is 0 Å². The van der Waals surface area contributed by atoms with E-state index in [1.165, 1.54) is 12.8 Å². The molecule has 0 spiro atoms. The Bertz CT molecular complexity index is 508. The first kappa shape index (κ1) is 12.9. The van der Waals surface area contributed by atoms with Gasteiger partial charge in [0.05, 0.1) is 5.69 Å². The third-order valence-electron chi connectivity index (χ3n) is 4.86. The third kappa shape index (κ3) is 2.34. The summed E-state index contributed by atoms with van der Waals surface area (Å²) >= 11 is 0. The molecule has 0 aliphatic carbocycles. The summed E-state index contributed by atoms with van der Waals surface area (Å²) in [5.74, 6) is 1.66. The Morgan fingerprint density at radius 1 is 1.32 bits per heavy atom. The Hall–Kier alpha value is -1.16. The van der Waals surface area contributed by atoms with E-state index < -0.39 is 0 Å². The van der Waals surface area contributed by atoms with E-state index in [4.69, 9.17) is 4.98 Å². The first-order chi connectivity index (χ1) is 9.04. The van der Waals surface area contributed by atoms with Crippen LogP contribution in [0.3, 0.4) is 0 Å². The summed E-state index contributed by atoms with van der Waals surface area (Å²) in [5.41, 5.74) is 0.921. The van der Waals surface area contributed by atoms with Crippen molar-refractivity contribution in [3.05, 3.63) is 27.9 Å². The Labute approximate surface area is 114 Å². The van der Waals surface area contributed by atoms with Gasteiger partial charge in [-0.05, 0) is 38.6 Å². The molecule has 2 saturated heterocycles. The van der Waals surface area contributed by atoms with Crippen molar-refractivity contribution in [1.82, 2.24) is 14.9 Å². The Morgan fingerprint density at radius 2 is 1.95 bits per heavy atom. The molecule has 4 heteroatoms. The summed E-state index contributed by atoms with van der Waals surface area (Å²) in [7, 11) is 2.24. The van der Waals surface area contributed by atoms with Crippen LogP contribution in [0.25, 0.3) is 0 Å². The van der Waals surface area contributed by atoms with Gasteiger partial charge in [0.2, 0.25) is 0 Å². The minimum atomic E-state index is -0.0000231. The topological polar surface area (TPSA) is 49.0 Å². The van der Waals surface area contributed by atoms with Gasteiger partial charge >= 0.3 is 0 Å². The molecule has 19 heavy (non-hydrogen) atoms. The van der Waals surface area contributed by atoms with Gasteiger partial charge < -0.3 is 9.88 Å². The maximum absolute atomic E-state index is 11.8. The van der Waals surface area contributed by atoms with Gasteiger partial charge in [-0.2, -0.15) is 0 Å². The van der Waals surface area contributed by atoms with Crippen LogP contribution >= 0.6 is 0 Å². The second-order valence-electron chi connectivity index (χ2n) is 6.43. The van der Waals surface area contributed by atoms with Gasteiger partial charge in [-0.3, -0.25) is 4.79 Å². The Balaban J connectivity index is 1.89. The molecule has 2 aliphatic rings. The predicted octanol–water partition coefficient (Wildman–Crippen LogP) is 2.23. The number of H-pyrrole nitrogens is 1. The number of hydrogen-bond donors (Lipinski definition) is 1. The largest absolute Gasteiger partial charge is 0.310 e. The monoisotopic (exact) mass is 261 g/mol. The van der Waals surface area contributed by atoms with Crippen molar-refractivity contribution in [3.63, 3.8) is 0 Å². The molecule has 4 nitrogen and oxygen atoms in total. The van der Waals surface area contributed by atoms with Gasteiger partial charge in [0, 0.05) is 24.1 Å². The van der Waals surface area contributed by atoms with E-state index in [0.717, 1.165) is 24.4 Å². The van der Waals surface area contributed by atoms with Crippen molar-refractivity contribution in [2.24, 2.45) is 0 Å². The maximum Gasteiger partial charge on any atom is 0.251 e. The molecule has 1 N–H and O–H groups in total. The van der Waals surface area contributed by atoms with Crippen LogP contribution < -0.4 is 5.56 Å². The normalized spacial score (nSPS) is 31.1. The molecule has 0 radical (unpaired) electrons. The molecule has 2 atom stereocenters. The minimum Gasteiger partial charge on any atom is -0.310 e. The van der Waals surface area contributed by atoms with Crippen LogP contribution in [0.5, 0.6) is 0 Å². The average Bonchev–Trinajstić information content (AvgIpc) is 2.61. The zero-order valence-electron chi connectivity index (χ0n) is 12.0. The second-order valence-corrected chi connectivity index (χ2v) is 6.43. The average molecular weight is 261 g/mol. The van der Waals surface area contributed by atoms with E-state index in [9.17, 15) is 4.79 Å². The summed E-state index contributed by atoms with van der Waals surface area (Å²) in [6.07, 6.45) is 4.87. The number of nitrogens with one attached hydrogen (secondary N) is 1. The van der Waals surface area contributed by atoms with Crippen LogP contribution in [0, 0.1) is 0 Å². The fourth-order valence-electron chi connectivity index (χ4n) is 3.62. The van der Waals surface area contributed by atoms with Gasteiger partial charge in [0.15, 0.2) is 0 Å². The van der Waals surface area contributed by atoms with Crippen molar-refractivity contribution in [2.75, 3.05) is 7.05 Å². The van der Waals surface area contributed by atoms with Gasteiger partial charge in [-0.15, -0.1) is 0 Å². The molecule has 0 saturated carbocycles. The molecular formula is C15H23N3O. The number of aromatic nitrogens is 2. The van der Waals surface area contributed by atoms with Crippen LogP contribution in [0.1, 0.15) is 62.9 Å². The summed E-state index contributed by atoms with van der Waals surface area (Å²) in [4.78, 5) is 22.0. The second kappa shape index (κ2) is 4.75. The summed E-state index contributed by atoms with van der Waals surface area (Å²) in [6, 6.07) is 2.99. The molecule has 104 valence electrons. The van der Waals surface area contributed by atoms with Crippen molar-refractivity contribution >= 4 is 0 Å². The highest BCUT2D eigenvalue weighted by molar-refractivity contribution is 5.12. The zero-order chi connectivity index (χ0) is 13.6. The van der Waals surface area contributed by atoms with E-state index in [1.54, 1.807) is 6.07 Å². The van der Waals surface area contributed by atoms with E-state index in [1.807, 2.05) is 0 Å². The van der Waals surface area contributed by atoms with Gasteiger partial charge in [0.25, 0.3) is 5.56 Å². The summed E-state index contributed by atoms with van der Waals surface area (Å²) < 4.78 is 0. The van der Waals surface area contributed by atoms with Crippen LogP contribution in [0.4, 0.5) is 0 Å². The molecule has 2 bridgehead atoms. The molecule has 2 unspecified atom stereocenters. The van der Waals surface area contributed by atoms with Crippen LogP contribution in [0.2, 0.25) is 0 Å². The van der Waals surface area contributed by atoms with E-state index in [0.29, 0.717) is 23.9 Å². The van der Waals surface area contributed by atoms with Crippen molar-refractivity contribution in [2.45, 2.75) is 63.5 Å². The summed E-state index contributed by atoms with van der Waals surface area (Å²) in [5, 5.41) is 0. The molecule has 0 aromatic carbocycles. The Morgan fingerprint density at radius 3 is 2.53 bits per heavy atom. The highest BCUT2D eigenvalue weighted by Crippen LogP contribution is 2.40. The number of hydrogen-bond acceptors (Lipinski definition) is 3. The fraction of sp³-hybridized carbons (Fsp3) is 0.733. The predicted molar refractivity (Wildman–Crippen MR) is 75.5 cm³/mol. The van der Waals surface area contributed by atoms with Gasteiger partial charge in [0.1, 0.15) is 5.82 Å². The zero-order valence-corrected chi connectivity index (χ0v) is 12.0. The van der Waals surface area contributed by atoms with Crippen molar-refractivity contribution in [3.8, 4) is 0 Å². The fourth-order valence-corrected chi connectivity index (χ4v) is 3.62. The first-order valence-corrected chi connectivity index (χ1v) is 7.37. The Kier molecular flexibility index (Phi) is 3.21. The lowest BCUT2D eigenvalue weighted by molar-refractivity contribution is 0.158. The first-order valence-electron chi connectivity index (χ1n) is 7.37. The molecule has 1 aromatic heterocycles. The molecule has 1 aromatic rings. The standard InChI is InChI=1S/C15H23N3O/c1-9(2)13-8-14(19)17-15(16-13)10-6-11-4-5-12(7-10)18(11)3/h8-12H,4-7H2,1-3H3,(H,16,17,19). The molecule has 2 fully saturated rings. The van der Waals surface area contributed by atoms with Crippen molar-refractivity contribution in [1.29, 1.82) is 0 Å². The van der Waals surface area contributed by atoms with E-state index in [-0.39, 0.29) is 5.56 Å². The summed E-state index contributed by atoms with van der Waals surface area (Å²) in [6.45, 7) is 4.17. The number of aromatic amines is 1. The molecular weight excluding hydrogens is 238 g/mol. The smallest absolute Gasteiger partial charge is 0.251 e. The lowest BCUT2D eigenvalue weighted by Crippen LogP contribution is -2.39. The lowest BCUT2D eigenvalue weighted by Gasteiger charge is -2.35. The lowest BCUT2D eigenvalue weighted by atomic mass is 9.90. The number of nitrogens with zero attached hydrogens (tertiary/aromatic N) is 2. The highest BCUT2D eigenvalue weighted by Gasteiger charge is 2.39. The van der Waals surface area contributed by atoms with Crippen molar-refractivity contribution < 1.29 is 0 Å². The van der Waals surface area contributed by atoms with E-state index >= 15 is 0 Å². The SMILES string of the molecule is CC(C)c1cc(=O)[nH]c(C2CC3CCC(C2)N3C)n1. The quantitative estimate of drug-likeness (QED) is 0.888. The van der Waals surface area contributed by atoms with Gasteiger partial charge in [-0.25, -0.2) is 4.98 Å². The highest BCUT2D eigenvalue weighted by atomic mass is 16.1. The van der Waals surface area contributed by atoms with E-state index in [2.05, 4.69) is 30.8 Å². The number of piperidine rings is 1. The number of fused-ring (bicyclic) bond motifs is 2. The van der Waals surface area contributed by atoms with Gasteiger partial charge in [-0.1, -0.05) is 13.8 Å². The number of rotatable bonds is 2. The van der Waals surface area contributed by atoms with Crippen LogP contribution in [0.15, 0.2) is 10.9 Å². The molecule has 3 rings (SSSR count). The molecule has 2 aliphatic heterocycles. The third-order valence-corrected chi connectivity index (χ3v) is 4.86. The minimum absolute atomic E-state index is 0.0000231. The van der Waals surface area contributed by atoms with Crippen LogP contribution in [-0.4, -0.2) is 34.0 Å².